The Bertz CT molecular complexity index is 1230. The lowest BCUT2D eigenvalue weighted by atomic mass is 10.1. The molecule has 0 saturated carbocycles. The molecular weight excluding hydrogens is 460 g/mol. The number of rotatable bonds is 11. The van der Waals surface area contributed by atoms with Crippen LogP contribution in [0.25, 0.3) is 11.0 Å². The lowest BCUT2D eigenvalue weighted by molar-refractivity contribution is -0.118. The number of carbonyl (C=O) groups is 2. The first-order chi connectivity index (χ1) is 17.1. The van der Waals surface area contributed by atoms with Crippen LogP contribution in [0.4, 0.5) is 5.69 Å². The van der Waals surface area contributed by atoms with Crippen molar-refractivity contribution < 1.29 is 9.59 Å². The van der Waals surface area contributed by atoms with Gasteiger partial charge >= 0.3 is 0 Å². The molecule has 0 bridgehead atoms. The number of aromatic amines is 1. The number of thioether (sulfide) groups is 1. The number of nitrogens with one attached hydrogen (secondary N) is 3. The number of carbonyl (C=O) groups excluding carboxylic acids is 2. The third-order valence-corrected chi connectivity index (χ3v) is 6.47. The first kappa shape index (κ1) is 24.3. The van der Waals surface area contributed by atoms with Crippen LogP contribution in [0.2, 0.25) is 0 Å². The van der Waals surface area contributed by atoms with Crippen LogP contribution in [0.3, 0.4) is 0 Å². The molecule has 0 radical (unpaired) electrons. The molecule has 35 heavy (non-hydrogen) atoms. The minimum atomic E-state index is -0.285. The maximum Gasteiger partial charge on any atom is 0.253 e. The number of nitrogens with two attached hydrogens (primary N) is 1. The molecule has 0 fully saturated rings. The molecular formula is C26H28N6O2S. The Balaban J connectivity index is 1.28. The number of benzene rings is 2. The number of aromatic nitrogens is 3. The van der Waals surface area contributed by atoms with E-state index >= 15 is 0 Å². The maximum atomic E-state index is 12.8. The summed E-state index contributed by atoms with van der Waals surface area (Å²) in [7, 11) is 0. The van der Waals surface area contributed by atoms with Gasteiger partial charge in [0.05, 0.1) is 28.4 Å². The SMILES string of the molecule is Nc1ccc(SCC(=O)NCCCCC(NC(=O)c2cccnc2)c2nc3ccccc3[nH]2)cc1. The van der Waals surface area contributed by atoms with Gasteiger partial charge in [0.15, 0.2) is 0 Å². The average molecular weight is 489 g/mol. The number of para-hydroxylation sites is 2. The van der Waals surface area contributed by atoms with Crippen LogP contribution in [0, 0.1) is 0 Å². The van der Waals surface area contributed by atoms with Gasteiger partial charge in [-0.2, -0.15) is 0 Å². The molecule has 0 aliphatic rings. The zero-order chi connectivity index (χ0) is 24.5. The number of nitrogen functional groups attached to an aromatic ring is 1. The van der Waals surface area contributed by atoms with E-state index in [0.717, 1.165) is 28.8 Å². The van der Waals surface area contributed by atoms with E-state index in [1.165, 1.54) is 11.8 Å². The van der Waals surface area contributed by atoms with Gasteiger partial charge in [-0.25, -0.2) is 4.98 Å². The van der Waals surface area contributed by atoms with E-state index in [-0.39, 0.29) is 17.9 Å². The van der Waals surface area contributed by atoms with Gasteiger partial charge in [0.25, 0.3) is 5.91 Å². The highest BCUT2D eigenvalue weighted by molar-refractivity contribution is 8.00. The highest BCUT2D eigenvalue weighted by atomic mass is 32.2. The van der Waals surface area contributed by atoms with Crippen LogP contribution in [-0.2, 0) is 4.79 Å². The van der Waals surface area contributed by atoms with Crippen LogP contribution in [-0.4, -0.2) is 39.1 Å². The molecule has 4 aromatic rings. The fraction of sp³-hybridized carbons (Fsp3) is 0.231. The summed E-state index contributed by atoms with van der Waals surface area (Å²) in [6, 6.07) is 18.4. The second-order valence-electron chi connectivity index (χ2n) is 8.11. The number of imidazole rings is 1. The second-order valence-corrected chi connectivity index (χ2v) is 9.16. The molecule has 0 spiro atoms. The smallest absolute Gasteiger partial charge is 0.253 e. The summed E-state index contributed by atoms with van der Waals surface area (Å²) >= 11 is 1.48. The fourth-order valence-electron chi connectivity index (χ4n) is 3.62. The molecule has 1 unspecified atom stereocenters. The molecule has 1 atom stereocenters. The van der Waals surface area contributed by atoms with Crippen LogP contribution in [0.1, 0.15) is 41.5 Å². The number of amides is 2. The summed E-state index contributed by atoms with van der Waals surface area (Å²) in [4.78, 5) is 38.0. The predicted octanol–water partition coefficient (Wildman–Crippen LogP) is 4.09. The molecule has 2 aromatic heterocycles. The summed E-state index contributed by atoms with van der Waals surface area (Å²) in [5, 5.41) is 6.04. The van der Waals surface area contributed by atoms with Crippen molar-refractivity contribution in [1.82, 2.24) is 25.6 Å². The number of anilines is 1. The van der Waals surface area contributed by atoms with Gasteiger partial charge in [-0.3, -0.25) is 14.6 Å². The molecule has 180 valence electrons. The largest absolute Gasteiger partial charge is 0.399 e. The summed E-state index contributed by atoms with van der Waals surface area (Å²) < 4.78 is 0. The molecule has 0 saturated heterocycles. The zero-order valence-electron chi connectivity index (χ0n) is 19.2. The highest BCUT2D eigenvalue weighted by Gasteiger charge is 2.19. The van der Waals surface area contributed by atoms with Crippen molar-refractivity contribution in [3.8, 4) is 0 Å². The standard InChI is InChI=1S/C26H28N6O2S/c27-19-10-12-20(13-11-19)35-17-24(33)29-15-4-3-9-23(32-26(34)18-6-5-14-28-16-18)25-30-21-7-1-2-8-22(21)31-25/h1-2,5-8,10-14,16,23H,3-4,9,15,17,27H2,(H,29,33)(H,30,31)(H,32,34). The van der Waals surface area contributed by atoms with Gasteiger partial charge in [-0.05, 0) is 67.8 Å². The van der Waals surface area contributed by atoms with Crippen molar-refractivity contribution in [1.29, 1.82) is 0 Å². The van der Waals surface area contributed by atoms with Crippen LogP contribution < -0.4 is 16.4 Å². The Hall–Kier alpha value is -3.85. The molecule has 5 N–H and O–H groups in total. The van der Waals surface area contributed by atoms with Crippen molar-refractivity contribution in [2.75, 3.05) is 18.0 Å². The number of hydrogen-bond acceptors (Lipinski definition) is 6. The molecule has 8 nitrogen and oxygen atoms in total. The average Bonchev–Trinajstić information content (AvgIpc) is 3.32. The van der Waals surface area contributed by atoms with Crippen LogP contribution >= 0.6 is 11.8 Å². The van der Waals surface area contributed by atoms with E-state index in [4.69, 9.17) is 5.73 Å². The van der Waals surface area contributed by atoms with E-state index in [1.54, 1.807) is 24.5 Å². The lowest BCUT2D eigenvalue weighted by Crippen LogP contribution is -2.30. The molecule has 4 rings (SSSR count). The van der Waals surface area contributed by atoms with Gasteiger partial charge in [0, 0.05) is 29.5 Å². The molecule has 2 amide bonds. The van der Waals surface area contributed by atoms with Crippen molar-refractivity contribution in [2.24, 2.45) is 0 Å². The van der Waals surface area contributed by atoms with Gasteiger partial charge in [-0.1, -0.05) is 12.1 Å². The Morgan fingerprint density at radius 2 is 1.86 bits per heavy atom. The molecule has 9 heteroatoms. The van der Waals surface area contributed by atoms with Crippen molar-refractivity contribution >= 4 is 40.3 Å². The van der Waals surface area contributed by atoms with Crippen molar-refractivity contribution in [3.63, 3.8) is 0 Å². The minimum Gasteiger partial charge on any atom is -0.399 e. The first-order valence-corrected chi connectivity index (χ1v) is 12.5. The summed E-state index contributed by atoms with van der Waals surface area (Å²) in [6.45, 7) is 0.574. The molecule has 2 aromatic carbocycles. The Kier molecular flexibility index (Phi) is 8.34. The van der Waals surface area contributed by atoms with Crippen molar-refractivity contribution in [3.05, 3.63) is 84.4 Å². The lowest BCUT2D eigenvalue weighted by Gasteiger charge is -2.17. The Morgan fingerprint density at radius 1 is 1.03 bits per heavy atom. The number of unbranched alkanes of at least 4 members (excludes halogenated alkanes) is 1. The number of fused-ring (bicyclic) bond motifs is 1. The highest BCUT2D eigenvalue weighted by Crippen LogP contribution is 2.21. The monoisotopic (exact) mass is 488 g/mol. The van der Waals surface area contributed by atoms with E-state index in [2.05, 4.69) is 25.6 Å². The molecule has 0 aliphatic heterocycles. The summed E-state index contributed by atoms with van der Waals surface area (Å²) in [5.74, 6) is 0.863. The quantitative estimate of drug-likeness (QED) is 0.143. The molecule has 2 heterocycles. The van der Waals surface area contributed by atoms with Crippen molar-refractivity contribution in [2.45, 2.75) is 30.2 Å². The topological polar surface area (TPSA) is 126 Å². The van der Waals surface area contributed by atoms with E-state index in [1.807, 2.05) is 48.5 Å². The van der Waals surface area contributed by atoms with E-state index in [9.17, 15) is 9.59 Å². The first-order valence-electron chi connectivity index (χ1n) is 11.5. The fourth-order valence-corrected chi connectivity index (χ4v) is 4.35. The third kappa shape index (κ3) is 7.07. The Morgan fingerprint density at radius 3 is 2.63 bits per heavy atom. The van der Waals surface area contributed by atoms with Gasteiger partial charge in [0.2, 0.25) is 5.91 Å². The number of nitrogens with zero attached hydrogens (tertiary/aromatic N) is 2. The Labute approximate surface area is 208 Å². The summed E-state index contributed by atoms with van der Waals surface area (Å²) in [5.41, 5.74) is 8.68. The van der Waals surface area contributed by atoms with Gasteiger partial charge in [0.1, 0.15) is 5.82 Å². The third-order valence-electron chi connectivity index (χ3n) is 5.46. The normalized spacial score (nSPS) is 11.8. The van der Waals surface area contributed by atoms with Crippen LogP contribution in [0.15, 0.2) is 78.0 Å². The van der Waals surface area contributed by atoms with Gasteiger partial charge in [-0.15, -0.1) is 11.8 Å². The minimum absolute atomic E-state index is 0.00876. The molecule has 0 aliphatic carbocycles. The number of hydrogen-bond donors (Lipinski definition) is 4. The van der Waals surface area contributed by atoms with E-state index in [0.29, 0.717) is 35.8 Å². The predicted molar refractivity (Wildman–Crippen MR) is 139 cm³/mol. The maximum absolute atomic E-state index is 12.8. The number of pyridine rings is 1. The summed E-state index contributed by atoms with van der Waals surface area (Å²) in [6.07, 6.45) is 5.46. The second kappa shape index (κ2) is 12.0. The zero-order valence-corrected chi connectivity index (χ0v) is 20.1. The van der Waals surface area contributed by atoms with Crippen LogP contribution in [0.5, 0.6) is 0 Å². The van der Waals surface area contributed by atoms with Gasteiger partial charge < -0.3 is 21.4 Å². The number of H-pyrrole nitrogens is 1. The van der Waals surface area contributed by atoms with E-state index < -0.39 is 0 Å².